The van der Waals surface area contributed by atoms with Crippen LogP contribution in [0.2, 0.25) is 0 Å². The first-order valence-corrected chi connectivity index (χ1v) is 11.1. The zero-order valence-corrected chi connectivity index (χ0v) is 16.6. The molecule has 1 atom stereocenters. The van der Waals surface area contributed by atoms with Gasteiger partial charge in [-0.2, -0.15) is 4.31 Å². The van der Waals surface area contributed by atoms with Gasteiger partial charge in [-0.1, -0.05) is 6.92 Å². The van der Waals surface area contributed by atoms with Crippen molar-refractivity contribution in [1.82, 2.24) is 14.1 Å². The van der Waals surface area contributed by atoms with Crippen LogP contribution in [0.5, 0.6) is 0 Å². The predicted molar refractivity (Wildman–Crippen MR) is 101 cm³/mol. The third kappa shape index (κ3) is 4.67. The van der Waals surface area contributed by atoms with E-state index in [1.807, 2.05) is 9.80 Å². The van der Waals surface area contributed by atoms with Crippen molar-refractivity contribution >= 4 is 15.9 Å². The van der Waals surface area contributed by atoms with Crippen molar-refractivity contribution in [1.29, 1.82) is 0 Å². The normalized spacial score (nSPS) is 22.7. The number of hydrogen-bond acceptors (Lipinski definition) is 4. The van der Waals surface area contributed by atoms with Crippen molar-refractivity contribution in [3.8, 4) is 0 Å². The van der Waals surface area contributed by atoms with Gasteiger partial charge in [-0.3, -0.25) is 9.69 Å². The summed E-state index contributed by atoms with van der Waals surface area (Å²) in [6.45, 7) is 5.02. The van der Waals surface area contributed by atoms with Crippen LogP contribution in [0.15, 0.2) is 29.2 Å². The number of hydrogen-bond donors (Lipinski definition) is 0. The topological polar surface area (TPSA) is 60.9 Å². The van der Waals surface area contributed by atoms with E-state index in [0.29, 0.717) is 38.8 Å². The van der Waals surface area contributed by atoms with E-state index in [1.54, 1.807) is 0 Å². The van der Waals surface area contributed by atoms with Gasteiger partial charge in [0.25, 0.3) is 0 Å². The molecule has 0 aromatic heterocycles. The minimum atomic E-state index is -3.62. The third-order valence-corrected chi connectivity index (χ3v) is 7.47. The summed E-state index contributed by atoms with van der Waals surface area (Å²) >= 11 is 0. The molecule has 27 heavy (non-hydrogen) atoms. The van der Waals surface area contributed by atoms with Gasteiger partial charge in [0.05, 0.1) is 11.4 Å². The first-order chi connectivity index (χ1) is 12.9. The summed E-state index contributed by atoms with van der Waals surface area (Å²) in [6, 6.07) is 5.24. The molecule has 1 aromatic rings. The van der Waals surface area contributed by atoms with E-state index in [0.717, 1.165) is 37.9 Å². The average molecular weight is 398 g/mol. The second kappa shape index (κ2) is 8.67. The number of nitrogens with zero attached hydrogens (tertiary/aromatic N) is 3. The molecule has 1 amide bonds. The molecular weight excluding hydrogens is 369 g/mol. The van der Waals surface area contributed by atoms with Gasteiger partial charge in [-0.25, -0.2) is 12.8 Å². The summed E-state index contributed by atoms with van der Waals surface area (Å²) in [5.41, 5.74) is 0. The van der Waals surface area contributed by atoms with Crippen LogP contribution < -0.4 is 0 Å². The number of halogens is 1. The molecule has 2 heterocycles. The number of carbonyl (C=O) groups is 1. The third-order valence-electron chi connectivity index (χ3n) is 5.56. The molecular formula is C19H28FN3O3S. The minimum absolute atomic E-state index is 0.104. The zero-order valence-electron chi connectivity index (χ0n) is 15.8. The van der Waals surface area contributed by atoms with E-state index in [-0.39, 0.29) is 10.8 Å². The van der Waals surface area contributed by atoms with Crippen LogP contribution in [-0.2, 0) is 14.8 Å². The Labute approximate surface area is 161 Å². The summed E-state index contributed by atoms with van der Waals surface area (Å²) in [7, 11) is -3.62. The van der Waals surface area contributed by atoms with E-state index in [9.17, 15) is 17.6 Å². The second-order valence-corrected chi connectivity index (χ2v) is 9.22. The molecule has 150 valence electrons. The molecule has 0 aliphatic carbocycles. The highest BCUT2D eigenvalue weighted by molar-refractivity contribution is 7.89. The highest BCUT2D eigenvalue weighted by Gasteiger charge is 2.31. The summed E-state index contributed by atoms with van der Waals surface area (Å²) in [5, 5.41) is 0. The predicted octanol–water partition coefficient (Wildman–Crippen LogP) is 1.92. The lowest BCUT2D eigenvalue weighted by atomic mass is 10.00. The van der Waals surface area contributed by atoms with Gasteiger partial charge >= 0.3 is 0 Å². The van der Waals surface area contributed by atoms with Crippen LogP contribution in [0.3, 0.4) is 0 Å². The molecule has 1 aromatic carbocycles. The standard InChI is InChI=1S/C19H28FN3O3S/c1-2-17-5-3-4-10-23(17)19(24)15-21-11-13-22(14-12-21)27(25,26)18-8-6-16(20)7-9-18/h6-9,17H,2-5,10-15H2,1H3/t17-/m1/s1. The fourth-order valence-electron chi connectivity index (χ4n) is 3.92. The molecule has 2 saturated heterocycles. The Bertz CT molecular complexity index is 746. The van der Waals surface area contributed by atoms with E-state index in [2.05, 4.69) is 6.92 Å². The molecule has 2 aliphatic heterocycles. The number of sulfonamides is 1. The van der Waals surface area contributed by atoms with Gasteiger partial charge in [0.15, 0.2) is 0 Å². The summed E-state index contributed by atoms with van der Waals surface area (Å²) in [6.07, 6.45) is 4.30. The summed E-state index contributed by atoms with van der Waals surface area (Å²) in [5.74, 6) is -0.309. The molecule has 8 heteroatoms. The van der Waals surface area contributed by atoms with Crippen LogP contribution >= 0.6 is 0 Å². The Morgan fingerprint density at radius 1 is 1.07 bits per heavy atom. The van der Waals surface area contributed by atoms with Crippen LogP contribution in [0.4, 0.5) is 4.39 Å². The lowest BCUT2D eigenvalue weighted by Gasteiger charge is -2.38. The van der Waals surface area contributed by atoms with Gasteiger partial charge in [-0.05, 0) is 49.9 Å². The fourth-order valence-corrected chi connectivity index (χ4v) is 5.34. The molecule has 6 nitrogen and oxygen atoms in total. The number of piperazine rings is 1. The van der Waals surface area contributed by atoms with Gasteiger partial charge in [-0.15, -0.1) is 0 Å². The van der Waals surface area contributed by atoms with Crippen molar-refractivity contribution in [3.63, 3.8) is 0 Å². The maximum atomic E-state index is 13.0. The maximum absolute atomic E-state index is 13.0. The quantitative estimate of drug-likeness (QED) is 0.762. The molecule has 0 spiro atoms. The Hall–Kier alpha value is -1.51. The molecule has 3 rings (SSSR count). The Balaban J connectivity index is 1.55. The van der Waals surface area contributed by atoms with Crippen LogP contribution in [0.25, 0.3) is 0 Å². The SMILES string of the molecule is CC[C@@H]1CCCCN1C(=O)CN1CCN(S(=O)(=O)c2ccc(F)cc2)CC1. The number of piperidine rings is 1. The van der Waals surface area contributed by atoms with Crippen molar-refractivity contribution in [3.05, 3.63) is 30.1 Å². The lowest BCUT2D eigenvalue weighted by molar-refractivity contribution is -0.136. The Kier molecular flexibility index (Phi) is 6.49. The van der Waals surface area contributed by atoms with Gasteiger partial charge in [0.2, 0.25) is 15.9 Å². The van der Waals surface area contributed by atoms with Gasteiger partial charge in [0.1, 0.15) is 5.82 Å². The first kappa shape index (κ1) is 20.2. The highest BCUT2D eigenvalue weighted by Crippen LogP contribution is 2.21. The lowest BCUT2D eigenvalue weighted by Crippen LogP contribution is -2.53. The van der Waals surface area contributed by atoms with E-state index >= 15 is 0 Å². The Morgan fingerprint density at radius 3 is 2.37 bits per heavy atom. The van der Waals surface area contributed by atoms with Crippen molar-refractivity contribution in [2.24, 2.45) is 0 Å². The molecule has 0 radical (unpaired) electrons. The van der Waals surface area contributed by atoms with E-state index in [1.165, 1.54) is 22.9 Å². The molecule has 0 N–H and O–H groups in total. The molecule has 0 unspecified atom stereocenters. The molecule has 2 fully saturated rings. The largest absolute Gasteiger partial charge is 0.339 e. The van der Waals surface area contributed by atoms with Crippen LogP contribution in [-0.4, -0.2) is 73.7 Å². The van der Waals surface area contributed by atoms with Gasteiger partial charge < -0.3 is 4.90 Å². The van der Waals surface area contributed by atoms with E-state index in [4.69, 9.17) is 0 Å². The number of amides is 1. The number of likely N-dealkylation sites (tertiary alicyclic amines) is 1. The number of rotatable bonds is 5. The highest BCUT2D eigenvalue weighted by atomic mass is 32.2. The molecule has 0 saturated carbocycles. The monoisotopic (exact) mass is 397 g/mol. The van der Waals surface area contributed by atoms with Crippen LogP contribution in [0, 0.1) is 5.82 Å². The molecule has 2 aliphatic rings. The minimum Gasteiger partial charge on any atom is -0.339 e. The first-order valence-electron chi connectivity index (χ1n) is 9.69. The zero-order chi connectivity index (χ0) is 19.4. The average Bonchev–Trinajstić information content (AvgIpc) is 2.68. The number of benzene rings is 1. The van der Waals surface area contributed by atoms with Crippen LogP contribution in [0.1, 0.15) is 32.6 Å². The smallest absolute Gasteiger partial charge is 0.243 e. The fraction of sp³-hybridized carbons (Fsp3) is 0.632. The molecule has 0 bridgehead atoms. The van der Waals surface area contributed by atoms with Crippen molar-refractivity contribution in [2.45, 2.75) is 43.5 Å². The summed E-state index contributed by atoms with van der Waals surface area (Å²) < 4.78 is 39.8. The summed E-state index contributed by atoms with van der Waals surface area (Å²) in [4.78, 5) is 16.8. The van der Waals surface area contributed by atoms with Crippen molar-refractivity contribution < 1.29 is 17.6 Å². The van der Waals surface area contributed by atoms with E-state index < -0.39 is 15.8 Å². The maximum Gasteiger partial charge on any atom is 0.243 e. The Morgan fingerprint density at radius 2 is 1.74 bits per heavy atom. The second-order valence-electron chi connectivity index (χ2n) is 7.28. The van der Waals surface area contributed by atoms with Crippen molar-refractivity contribution in [2.75, 3.05) is 39.3 Å². The number of carbonyl (C=O) groups excluding carboxylic acids is 1. The van der Waals surface area contributed by atoms with Gasteiger partial charge in [0, 0.05) is 38.8 Å².